The Labute approximate surface area is 106 Å². The number of rotatable bonds is 3. The molecule has 1 heterocycles. The first-order valence-corrected chi connectivity index (χ1v) is 6.37. The molecule has 1 aromatic rings. The molecule has 1 amide bonds. The van der Waals surface area contributed by atoms with Crippen LogP contribution in [0.2, 0.25) is 0 Å². The van der Waals surface area contributed by atoms with Gasteiger partial charge in [-0.2, -0.15) is 0 Å². The minimum atomic E-state index is -0.445. The van der Waals surface area contributed by atoms with Crippen molar-refractivity contribution in [2.24, 2.45) is 0 Å². The summed E-state index contributed by atoms with van der Waals surface area (Å²) in [6, 6.07) is 4.88. The average molecular weight is 251 g/mol. The topological polar surface area (TPSA) is 38.3 Å². The van der Waals surface area contributed by atoms with Crippen LogP contribution in [0.1, 0.15) is 35.7 Å². The molecule has 0 saturated carbocycles. The molecule has 0 aliphatic carbocycles. The highest BCUT2D eigenvalue weighted by molar-refractivity contribution is 5.94. The highest BCUT2D eigenvalue weighted by atomic mass is 19.1. The molecule has 0 radical (unpaired) electrons. The zero-order valence-corrected chi connectivity index (χ0v) is 10.5. The fourth-order valence-electron chi connectivity index (χ4n) is 2.07. The maximum atomic E-state index is 13.8. The van der Waals surface area contributed by atoms with Gasteiger partial charge in [0.1, 0.15) is 5.82 Å². The van der Waals surface area contributed by atoms with E-state index in [0.29, 0.717) is 13.2 Å². The summed E-state index contributed by atoms with van der Waals surface area (Å²) in [5.74, 6) is -0.777. The molecule has 98 valence electrons. The number of benzene rings is 1. The van der Waals surface area contributed by atoms with Crippen LogP contribution in [0.4, 0.5) is 4.39 Å². The molecule has 4 heteroatoms. The van der Waals surface area contributed by atoms with Crippen molar-refractivity contribution < 1.29 is 13.9 Å². The minimum absolute atomic E-state index is 0.0940. The lowest BCUT2D eigenvalue weighted by Gasteiger charge is -2.23. The molecule has 1 fully saturated rings. The van der Waals surface area contributed by atoms with Crippen LogP contribution in [0.15, 0.2) is 18.2 Å². The number of carbonyl (C=O) groups excluding carboxylic acids is 1. The number of aryl methyl sites for hydroxylation is 1. The number of hydrogen-bond acceptors (Lipinski definition) is 2. The quantitative estimate of drug-likeness (QED) is 0.895. The third kappa shape index (κ3) is 3.07. The third-order valence-corrected chi connectivity index (χ3v) is 3.24. The fourth-order valence-corrected chi connectivity index (χ4v) is 2.07. The van der Waals surface area contributed by atoms with Crippen molar-refractivity contribution in [1.29, 1.82) is 0 Å². The summed E-state index contributed by atoms with van der Waals surface area (Å²) in [7, 11) is 0. The van der Waals surface area contributed by atoms with Crippen LogP contribution in [0.3, 0.4) is 0 Å². The normalized spacial score (nSPS) is 16.6. The Kier molecular flexibility index (Phi) is 4.31. The molecule has 1 aliphatic heterocycles. The lowest BCUT2D eigenvalue weighted by atomic mass is 10.1. The summed E-state index contributed by atoms with van der Waals surface area (Å²) < 4.78 is 19.0. The lowest BCUT2D eigenvalue weighted by molar-refractivity contribution is 0.0694. The van der Waals surface area contributed by atoms with Crippen molar-refractivity contribution in [2.45, 2.75) is 32.2 Å². The maximum Gasteiger partial charge on any atom is 0.254 e. The Morgan fingerprint density at radius 1 is 1.44 bits per heavy atom. The smallest absolute Gasteiger partial charge is 0.254 e. The second kappa shape index (κ2) is 5.96. The third-order valence-electron chi connectivity index (χ3n) is 3.24. The standard InChI is InChI=1S/C14H18FNO2/c1-2-10-3-4-12(13(15)9-10)14(17)16-11-5-7-18-8-6-11/h3-4,9,11H,2,5-8H2,1H3,(H,16,17). The SMILES string of the molecule is CCc1ccc(C(=O)NC2CCOCC2)c(F)c1. The number of carbonyl (C=O) groups is 1. The van der Waals surface area contributed by atoms with E-state index in [-0.39, 0.29) is 17.5 Å². The van der Waals surface area contributed by atoms with Gasteiger partial charge in [0.05, 0.1) is 5.56 Å². The van der Waals surface area contributed by atoms with E-state index >= 15 is 0 Å². The molecule has 1 aliphatic rings. The van der Waals surface area contributed by atoms with Gasteiger partial charge >= 0.3 is 0 Å². The summed E-state index contributed by atoms with van der Waals surface area (Å²) in [5.41, 5.74) is 1.02. The van der Waals surface area contributed by atoms with Crippen molar-refractivity contribution in [2.75, 3.05) is 13.2 Å². The van der Waals surface area contributed by atoms with Crippen molar-refractivity contribution in [3.05, 3.63) is 35.1 Å². The van der Waals surface area contributed by atoms with Gasteiger partial charge in [-0.3, -0.25) is 4.79 Å². The second-order valence-corrected chi connectivity index (χ2v) is 4.53. The van der Waals surface area contributed by atoms with Crippen molar-refractivity contribution in [3.63, 3.8) is 0 Å². The van der Waals surface area contributed by atoms with Gasteiger partial charge in [0.15, 0.2) is 0 Å². The summed E-state index contributed by atoms with van der Waals surface area (Å²) in [6.07, 6.45) is 2.35. The van der Waals surface area contributed by atoms with Crippen molar-refractivity contribution in [1.82, 2.24) is 5.32 Å². The van der Waals surface area contributed by atoms with Crippen molar-refractivity contribution in [3.8, 4) is 0 Å². The van der Waals surface area contributed by atoms with Gasteiger partial charge in [-0.25, -0.2) is 4.39 Å². The summed E-state index contributed by atoms with van der Waals surface area (Å²) >= 11 is 0. The Bertz CT molecular complexity index is 428. The largest absolute Gasteiger partial charge is 0.381 e. The molecule has 0 aromatic heterocycles. The van der Waals surface area contributed by atoms with Gasteiger partial charge in [-0.1, -0.05) is 13.0 Å². The molecule has 0 spiro atoms. The Morgan fingerprint density at radius 3 is 2.78 bits per heavy atom. The van der Waals surface area contributed by atoms with Crippen LogP contribution in [-0.4, -0.2) is 25.2 Å². The molecule has 1 aromatic carbocycles. The van der Waals surface area contributed by atoms with Crippen LogP contribution in [0.25, 0.3) is 0 Å². The number of halogens is 1. The molecular weight excluding hydrogens is 233 g/mol. The zero-order valence-electron chi connectivity index (χ0n) is 10.5. The lowest BCUT2D eigenvalue weighted by Crippen LogP contribution is -2.39. The monoisotopic (exact) mass is 251 g/mol. The zero-order chi connectivity index (χ0) is 13.0. The first kappa shape index (κ1) is 13.0. The first-order valence-electron chi connectivity index (χ1n) is 6.37. The number of hydrogen-bond donors (Lipinski definition) is 1. The minimum Gasteiger partial charge on any atom is -0.381 e. The van der Waals surface area contributed by atoms with E-state index in [2.05, 4.69) is 5.32 Å². The number of nitrogens with one attached hydrogen (secondary N) is 1. The van der Waals surface area contributed by atoms with Crippen LogP contribution < -0.4 is 5.32 Å². The molecule has 0 atom stereocenters. The predicted molar refractivity (Wildman–Crippen MR) is 67.1 cm³/mol. The molecule has 1 N–H and O–H groups in total. The molecular formula is C14H18FNO2. The number of ether oxygens (including phenoxy) is 1. The molecule has 18 heavy (non-hydrogen) atoms. The van der Waals surface area contributed by atoms with E-state index in [9.17, 15) is 9.18 Å². The second-order valence-electron chi connectivity index (χ2n) is 4.53. The van der Waals surface area contributed by atoms with Crippen LogP contribution in [0.5, 0.6) is 0 Å². The van der Waals surface area contributed by atoms with E-state index in [0.717, 1.165) is 24.8 Å². The predicted octanol–water partition coefficient (Wildman–Crippen LogP) is 2.30. The molecule has 2 rings (SSSR count). The summed E-state index contributed by atoms with van der Waals surface area (Å²) in [6.45, 7) is 3.26. The molecule has 3 nitrogen and oxygen atoms in total. The molecule has 0 bridgehead atoms. The van der Waals surface area contributed by atoms with E-state index in [1.54, 1.807) is 12.1 Å². The number of amides is 1. The summed E-state index contributed by atoms with van der Waals surface area (Å²) in [4.78, 5) is 11.9. The van der Waals surface area contributed by atoms with Gasteiger partial charge in [0, 0.05) is 19.3 Å². The maximum absolute atomic E-state index is 13.8. The molecule has 1 saturated heterocycles. The highest BCUT2D eigenvalue weighted by Crippen LogP contribution is 2.13. The highest BCUT2D eigenvalue weighted by Gasteiger charge is 2.19. The van der Waals surface area contributed by atoms with Crippen LogP contribution >= 0.6 is 0 Å². The average Bonchev–Trinajstić information content (AvgIpc) is 2.39. The molecule has 0 unspecified atom stereocenters. The summed E-state index contributed by atoms with van der Waals surface area (Å²) in [5, 5.41) is 2.85. The Morgan fingerprint density at radius 2 is 2.17 bits per heavy atom. The Balaban J connectivity index is 2.03. The van der Waals surface area contributed by atoms with Gasteiger partial charge in [0.25, 0.3) is 5.91 Å². The Hall–Kier alpha value is -1.42. The van der Waals surface area contributed by atoms with Crippen molar-refractivity contribution >= 4 is 5.91 Å². The van der Waals surface area contributed by atoms with E-state index in [1.165, 1.54) is 6.07 Å². The van der Waals surface area contributed by atoms with E-state index in [4.69, 9.17) is 4.74 Å². The van der Waals surface area contributed by atoms with Gasteiger partial charge in [-0.15, -0.1) is 0 Å². The van der Waals surface area contributed by atoms with Gasteiger partial charge < -0.3 is 10.1 Å². The fraction of sp³-hybridized carbons (Fsp3) is 0.500. The van der Waals surface area contributed by atoms with Crippen LogP contribution in [-0.2, 0) is 11.2 Å². The van der Waals surface area contributed by atoms with E-state index < -0.39 is 5.82 Å². The van der Waals surface area contributed by atoms with E-state index in [1.807, 2.05) is 6.92 Å². The van der Waals surface area contributed by atoms with Gasteiger partial charge in [0.2, 0.25) is 0 Å². The van der Waals surface area contributed by atoms with Crippen LogP contribution in [0, 0.1) is 5.82 Å². The van der Waals surface area contributed by atoms with Gasteiger partial charge in [-0.05, 0) is 37.0 Å². The first-order chi connectivity index (χ1) is 8.70.